The number of thiophene rings is 1. The number of halogens is 1. The molecule has 2 heterocycles. The number of aryl methyl sites for hydroxylation is 1. The van der Waals surface area contributed by atoms with E-state index in [1.807, 2.05) is 17.5 Å². The molecule has 4 nitrogen and oxygen atoms in total. The van der Waals surface area contributed by atoms with Crippen molar-refractivity contribution in [2.45, 2.75) is 6.92 Å². The number of rotatable bonds is 2. The van der Waals surface area contributed by atoms with E-state index in [1.165, 1.54) is 0 Å². The van der Waals surface area contributed by atoms with E-state index >= 15 is 0 Å². The van der Waals surface area contributed by atoms with Crippen LogP contribution in [0.2, 0.25) is 0 Å². The summed E-state index contributed by atoms with van der Waals surface area (Å²) < 4.78 is 1.02. The Morgan fingerprint density at radius 3 is 2.88 bits per heavy atom. The van der Waals surface area contributed by atoms with Crippen LogP contribution in [0.15, 0.2) is 22.0 Å². The Kier molecular flexibility index (Phi) is 3.17. The smallest absolute Gasteiger partial charge is 0.146 e. The molecule has 0 aromatic carbocycles. The third-order valence-electron chi connectivity index (χ3n) is 1.77. The van der Waals surface area contributed by atoms with Crippen LogP contribution in [0.5, 0.6) is 0 Å². The van der Waals surface area contributed by atoms with E-state index in [9.17, 15) is 0 Å². The van der Waals surface area contributed by atoms with Gasteiger partial charge in [-0.25, -0.2) is 9.97 Å². The second-order valence-electron chi connectivity index (χ2n) is 3.05. The van der Waals surface area contributed by atoms with Crippen LogP contribution in [-0.2, 0) is 0 Å². The lowest BCUT2D eigenvalue weighted by Gasteiger charge is -2.03. The summed E-state index contributed by atoms with van der Waals surface area (Å²) in [5.74, 6) is 1.22. The minimum Gasteiger partial charge on any atom is -0.332 e. The zero-order chi connectivity index (χ0) is 11.5. The molecule has 1 N–H and O–H groups in total. The first-order chi connectivity index (χ1) is 7.67. The van der Waals surface area contributed by atoms with Crippen LogP contribution in [0.1, 0.15) is 11.5 Å². The van der Waals surface area contributed by atoms with Crippen LogP contribution in [-0.4, -0.2) is 9.97 Å². The normalized spacial score (nSPS) is 9.81. The average molecular weight is 295 g/mol. The third-order valence-corrected chi connectivity index (χ3v) is 3.38. The Balaban J connectivity index is 2.28. The molecule has 0 bridgehead atoms. The van der Waals surface area contributed by atoms with Gasteiger partial charge in [0.15, 0.2) is 0 Å². The van der Waals surface area contributed by atoms with Gasteiger partial charge in [-0.2, -0.15) is 5.26 Å². The van der Waals surface area contributed by atoms with Gasteiger partial charge in [0.25, 0.3) is 0 Å². The zero-order valence-electron chi connectivity index (χ0n) is 8.36. The summed E-state index contributed by atoms with van der Waals surface area (Å²) in [6, 6.07) is 5.58. The van der Waals surface area contributed by atoms with Crippen molar-refractivity contribution in [2.24, 2.45) is 0 Å². The van der Waals surface area contributed by atoms with Crippen LogP contribution in [0, 0.1) is 18.3 Å². The van der Waals surface area contributed by atoms with Gasteiger partial charge in [0.1, 0.15) is 23.4 Å². The molecule has 2 aromatic rings. The number of hydrogen-bond donors (Lipinski definition) is 1. The van der Waals surface area contributed by atoms with Crippen LogP contribution >= 0.6 is 27.3 Å². The fourth-order valence-electron chi connectivity index (χ4n) is 1.19. The molecule has 2 aromatic heterocycles. The third kappa shape index (κ3) is 2.56. The summed E-state index contributed by atoms with van der Waals surface area (Å²) in [7, 11) is 0. The Bertz CT molecular complexity index is 558. The second-order valence-corrected chi connectivity index (χ2v) is 4.88. The van der Waals surface area contributed by atoms with Crippen LogP contribution < -0.4 is 5.32 Å². The largest absolute Gasteiger partial charge is 0.332 e. The molecule has 0 saturated carbocycles. The predicted molar refractivity (Wildman–Crippen MR) is 66.8 cm³/mol. The fraction of sp³-hybridized carbons (Fsp3) is 0.100. The standard InChI is InChI=1S/C10H7BrN4S/c1-6-13-8(4-12)3-9(14-6)15-10-2-7(11)5-16-10/h2-3,5H,1H3,(H,13,14,15). The molecule has 0 fully saturated rings. The van der Waals surface area contributed by atoms with E-state index in [2.05, 4.69) is 31.2 Å². The highest BCUT2D eigenvalue weighted by atomic mass is 79.9. The maximum Gasteiger partial charge on any atom is 0.146 e. The molecule has 6 heteroatoms. The number of nitrogens with one attached hydrogen (secondary N) is 1. The molecule has 0 radical (unpaired) electrons. The molecule has 16 heavy (non-hydrogen) atoms. The van der Waals surface area contributed by atoms with Gasteiger partial charge >= 0.3 is 0 Å². The number of aromatic nitrogens is 2. The first kappa shape index (κ1) is 11.0. The molecule has 0 aliphatic carbocycles. The molecule has 2 rings (SSSR count). The van der Waals surface area contributed by atoms with Crippen molar-refractivity contribution < 1.29 is 0 Å². The van der Waals surface area contributed by atoms with E-state index in [-0.39, 0.29) is 0 Å². The van der Waals surface area contributed by atoms with Crippen molar-refractivity contribution in [3.8, 4) is 6.07 Å². The van der Waals surface area contributed by atoms with Gasteiger partial charge in [-0.1, -0.05) is 0 Å². The van der Waals surface area contributed by atoms with E-state index < -0.39 is 0 Å². The minimum atomic E-state index is 0.366. The van der Waals surface area contributed by atoms with Gasteiger partial charge in [0.05, 0.1) is 5.00 Å². The second kappa shape index (κ2) is 4.60. The van der Waals surface area contributed by atoms with Gasteiger partial charge in [-0.3, -0.25) is 0 Å². The Morgan fingerprint density at radius 2 is 2.25 bits per heavy atom. The zero-order valence-corrected chi connectivity index (χ0v) is 10.8. The number of nitriles is 1. The topological polar surface area (TPSA) is 61.6 Å². The van der Waals surface area contributed by atoms with Gasteiger partial charge in [0, 0.05) is 15.9 Å². The summed E-state index contributed by atoms with van der Waals surface area (Å²) in [4.78, 5) is 8.19. The van der Waals surface area contributed by atoms with Crippen molar-refractivity contribution in [3.05, 3.63) is 33.5 Å². The number of hydrogen-bond acceptors (Lipinski definition) is 5. The molecule has 0 spiro atoms. The lowest BCUT2D eigenvalue weighted by molar-refractivity contribution is 1.04. The van der Waals surface area contributed by atoms with Crippen molar-refractivity contribution >= 4 is 38.1 Å². The molecular formula is C10H7BrN4S. The van der Waals surface area contributed by atoms with E-state index in [0.717, 1.165) is 9.47 Å². The van der Waals surface area contributed by atoms with Gasteiger partial charge < -0.3 is 5.32 Å². The van der Waals surface area contributed by atoms with E-state index in [4.69, 9.17) is 5.26 Å². The summed E-state index contributed by atoms with van der Waals surface area (Å²) >= 11 is 4.94. The average Bonchev–Trinajstić information content (AvgIpc) is 2.63. The Morgan fingerprint density at radius 1 is 1.44 bits per heavy atom. The first-order valence-corrected chi connectivity index (χ1v) is 6.11. The molecule has 0 atom stereocenters. The first-order valence-electron chi connectivity index (χ1n) is 4.44. The summed E-state index contributed by atoms with van der Waals surface area (Å²) in [5, 5.41) is 14.9. The number of nitrogens with zero attached hydrogens (tertiary/aromatic N) is 3. The lowest BCUT2D eigenvalue weighted by atomic mass is 10.4. The van der Waals surface area contributed by atoms with E-state index in [0.29, 0.717) is 17.3 Å². The van der Waals surface area contributed by atoms with Gasteiger partial charge in [-0.05, 0) is 28.9 Å². The molecule has 0 saturated heterocycles. The van der Waals surface area contributed by atoms with Gasteiger partial charge in [0.2, 0.25) is 0 Å². The maximum atomic E-state index is 8.78. The van der Waals surface area contributed by atoms with Crippen molar-refractivity contribution in [1.29, 1.82) is 5.26 Å². The van der Waals surface area contributed by atoms with E-state index in [1.54, 1.807) is 24.3 Å². The molecular weight excluding hydrogens is 288 g/mol. The molecule has 0 aliphatic rings. The van der Waals surface area contributed by atoms with Crippen molar-refractivity contribution in [2.75, 3.05) is 5.32 Å². The van der Waals surface area contributed by atoms with Crippen LogP contribution in [0.25, 0.3) is 0 Å². The predicted octanol–water partition coefficient (Wildman–Crippen LogP) is 3.22. The van der Waals surface area contributed by atoms with Gasteiger partial charge in [-0.15, -0.1) is 11.3 Å². The lowest BCUT2D eigenvalue weighted by Crippen LogP contribution is -1.97. The Labute approximate surface area is 105 Å². The summed E-state index contributed by atoms with van der Waals surface area (Å²) in [5.41, 5.74) is 0.366. The Hall–Kier alpha value is -1.45. The van der Waals surface area contributed by atoms with Crippen molar-refractivity contribution in [3.63, 3.8) is 0 Å². The summed E-state index contributed by atoms with van der Waals surface area (Å²) in [6.45, 7) is 1.76. The quantitative estimate of drug-likeness (QED) is 0.924. The van der Waals surface area contributed by atoms with Crippen LogP contribution in [0.3, 0.4) is 0 Å². The highest BCUT2D eigenvalue weighted by Gasteiger charge is 2.03. The van der Waals surface area contributed by atoms with Crippen LogP contribution in [0.4, 0.5) is 10.8 Å². The molecule has 0 amide bonds. The highest BCUT2D eigenvalue weighted by molar-refractivity contribution is 9.10. The fourth-order valence-corrected chi connectivity index (χ4v) is 2.52. The molecule has 80 valence electrons. The maximum absolute atomic E-state index is 8.78. The van der Waals surface area contributed by atoms with Crippen molar-refractivity contribution in [1.82, 2.24) is 9.97 Å². The number of anilines is 2. The molecule has 0 aliphatic heterocycles. The molecule has 0 unspecified atom stereocenters. The SMILES string of the molecule is Cc1nc(C#N)cc(Nc2cc(Br)cs2)n1. The monoisotopic (exact) mass is 294 g/mol. The summed E-state index contributed by atoms with van der Waals surface area (Å²) in [6.07, 6.45) is 0. The highest BCUT2D eigenvalue weighted by Crippen LogP contribution is 2.26. The minimum absolute atomic E-state index is 0.366.